The van der Waals surface area contributed by atoms with Crippen molar-refractivity contribution in [1.82, 2.24) is 0 Å². The van der Waals surface area contributed by atoms with Crippen LogP contribution in [-0.2, 0) is 9.47 Å². The SMILES string of the molecule is CCOC1CCC(CCCOCCC2CCCC2)CC1. The summed E-state index contributed by atoms with van der Waals surface area (Å²) >= 11 is 0. The molecule has 0 atom stereocenters. The first kappa shape index (κ1) is 16.3. The lowest BCUT2D eigenvalue weighted by Gasteiger charge is -2.28. The Bertz CT molecular complexity index is 228. The minimum atomic E-state index is 0.555. The number of ether oxygens (including phenoxy) is 2. The zero-order chi connectivity index (χ0) is 14.0. The Hall–Kier alpha value is -0.0800. The molecule has 0 aromatic rings. The fourth-order valence-electron chi connectivity index (χ4n) is 3.95. The van der Waals surface area contributed by atoms with E-state index in [2.05, 4.69) is 6.92 Å². The van der Waals surface area contributed by atoms with E-state index in [4.69, 9.17) is 9.47 Å². The number of hydrogen-bond donors (Lipinski definition) is 0. The van der Waals surface area contributed by atoms with Gasteiger partial charge in [-0.25, -0.2) is 0 Å². The van der Waals surface area contributed by atoms with Crippen LogP contribution < -0.4 is 0 Å². The topological polar surface area (TPSA) is 18.5 Å². The van der Waals surface area contributed by atoms with Crippen LogP contribution in [0.1, 0.15) is 77.6 Å². The summed E-state index contributed by atoms with van der Waals surface area (Å²) in [6, 6.07) is 0. The van der Waals surface area contributed by atoms with Gasteiger partial charge in [0.15, 0.2) is 0 Å². The van der Waals surface area contributed by atoms with Crippen molar-refractivity contribution < 1.29 is 9.47 Å². The Balaban J connectivity index is 1.40. The highest BCUT2D eigenvalue weighted by Gasteiger charge is 2.20. The van der Waals surface area contributed by atoms with E-state index in [1.165, 1.54) is 70.6 Å². The average Bonchev–Trinajstić information content (AvgIpc) is 2.98. The van der Waals surface area contributed by atoms with Crippen molar-refractivity contribution in [2.45, 2.75) is 83.7 Å². The molecular weight excluding hydrogens is 248 g/mol. The first-order valence-corrected chi connectivity index (χ1v) is 9.07. The van der Waals surface area contributed by atoms with Gasteiger partial charge in [0.1, 0.15) is 0 Å². The second-order valence-corrected chi connectivity index (χ2v) is 6.79. The molecule has 0 aromatic heterocycles. The van der Waals surface area contributed by atoms with Gasteiger partial charge in [-0.15, -0.1) is 0 Å². The van der Waals surface area contributed by atoms with E-state index in [-0.39, 0.29) is 0 Å². The number of hydrogen-bond acceptors (Lipinski definition) is 2. The summed E-state index contributed by atoms with van der Waals surface area (Å²) in [6.45, 7) is 4.97. The molecule has 0 aromatic carbocycles. The van der Waals surface area contributed by atoms with Crippen molar-refractivity contribution in [1.29, 1.82) is 0 Å². The highest BCUT2D eigenvalue weighted by Crippen LogP contribution is 2.29. The smallest absolute Gasteiger partial charge is 0.0575 e. The molecule has 0 spiro atoms. The van der Waals surface area contributed by atoms with Crippen molar-refractivity contribution >= 4 is 0 Å². The van der Waals surface area contributed by atoms with Crippen LogP contribution in [0, 0.1) is 11.8 Å². The molecule has 2 fully saturated rings. The van der Waals surface area contributed by atoms with E-state index >= 15 is 0 Å². The minimum absolute atomic E-state index is 0.555. The maximum Gasteiger partial charge on any atom is 0.0575 e. The van der Waals surface area contributed by atoms with Crippen LogP contribution in [0.3, 0.4) is 0 Å². The number of rotatable bonds is 9. The fourth-order valence-corrected chi connectivity index (χ4v) is 3.95. The van der Waals surface area contributed by atoms with Crippen molar-refractivity contribution in [3.63, 3.8) is 0 Å². The van der Waals surface area contributed by atoms with Crippen molar-refractivity contribution in [3.05, 3.63) is 0 Å². The van der Waals surface area contributed by atoms with E-state index in [0.717, 1.165) is 31.7 Å². The van der Waals surface area contributed by atoms with Crippen LogP contribution >= 0.6 is 0 Å². The predicted molar refractivity (Wildman–Crippen MR) is 84.0 cm³/mol. The Morgan fingerprint density at radius 2 is 1.50 bits per heavy atom. The quantitative estimate of drug-likeness (QED) is 0.557. The molecule has 0 heterocycles. The monoisotopic (exact) mass is 282 g/mol. The second kappa shape index (κ2) is 9.78. The summed E-state index contributed by atoms with van der Waals surface area (Å²) < 4.78 is 11.5. The molecule has 2 aliphatic carbocycles. The average molecular weight is 282 g/mol. The van der Waals surface area contributed by atoms with E-state index in [1.807, 2.05) is 0 Å². The summed E-state index contributed by atoms with van der Waals surface area (Å²) in [5, 5.41) is 0. The van der Waals surface area contributed by atoms with Crippen LogP contribution in [0.4, 0.5) is 0 Å². The molecule has 0 unspecified atom stereocenters. The molecule has 0 N–H and O–H groups in total. The third kappa shape index (κ3) is 6.13. The van der Waals surface area contributed by atoms with Gasteiger partial charge < -0.3 is 9.47 Å². The normalized spacial score (nSPS) is 28.1. The highest BCUT2D eigenvalue weighted by atomic mass is 16.5. The van der Waals surface area contributed by atoms with E-state index in [9.17, 15) is 0 Å². The predicted octanol–water partition coefficient (Wildman–Crippen LogP) is 4.96. The Morgan fingerprint density at radius 1 is 0.800 bits per heavy atom. The van der Waals surface area contributed by atoms with Gasteiger partial charge in [-0.3, -0.25) is 0 Å². The molecule has 2 heteroatoms. The lowest BCUT2D eigenvalue weighted by molar-refractivity contribution is 0.0233. The lowest BCUT2D eigenvalue weighted by Crippen LogP contribution is -2.21. The summed E-state index contributed by atoms with van der Waals surface area (Å²) in [6.07, 6.45) is 15.6. The summed E-state index contributed by atoms with van der Waals surface area (Å²) in [7, 11) is 0. The largest absolute Gasteiger partial charge is 0.381 e. The molecule has 0 aliphatic heterocycles. The van der Waals surface area contributed by atoms with E-state index in [0.29, 0.717) is 6.10 Å². The molecule has 0 saturated heterocycles. The summed E-state index contributed by atoms with van der Waals surface area (Å²) in [5.41, 5.74) is 0. The third-order valence-electron chi connectivity index (χ3n) is 5.24. The Labute approximate surface area is 125 Å². The van der Waals surface area contributed by atoms with Crippen LogP contribution in [0.25, 0.3) is 0 Å². The van der Waals surface area contributed by atoms with E-state index in [1.54, 1.807) is 0 Å². The van der Waals surface area contributed by atoms with Gasteiger partial charge in [-0.1, -0.05) is 25.7 Å². The molecule has 0 bridgehead atoms. The van der Waals surface area contributed by atoms with Crippen LogP contribution in [0.2, 0.25) is 0 Å². The Kier molecular flexibility index (Phi) is 7.97. The van der Waals surface area contributed by atoms with Crippen LogP contribution in [0.5, 0.6) is 0 Å². The fraction of sp³-hybridized carbons (Fsp3) is 1.00. The van der Waals surface area contributed by atoms with Crippen LogP contribution in [0.15, 0.2) is 0 Å². The molecule has 0 radical (unpaired) electrons. The second-order valence-electron chi connectivity index (χ2n) is 6.79. The van der Waals surface area contributed by atoms with E-state index < -0.39 is 0 Å². The Morgan fingerprint density at radius 3 is 2.20 bits per heavy atom. The van der Waals surface area contributed by atoms with Crippen molar-refractivity contribution in [2.24, 2.45) is 11.8 Å². The molecular formula is C18H34O2. The first-order valence-electron chi connectivity index (χ1n) is 9.07. The standard InChI is InChI=1S/C18H34O2/c1-2-20-18-11-9-17(10-12-18)8-5-14-19-15-13-16-6-3-4-7-16/h16-18H,2-15H2,1H3. The minimum Gasteiger partial charge on any atom is -0.381 e. The molecule has 2 nitrogen and oxygen atoms in total. The van der Waals surface area contributed by atoms with Crippen molar-refractivity contribution in [2.75, 3.05) is 19.8 Å². The third-order valence-corrected chi connectivity index (χ3v) is 5.24. The molecule has 2 rings (SSSR count). The van der Waals surface area contributed by atoms with Crippen molar-refractivity contribution in [3.8, 4) is 0 Å². The maximum absolute atomic E-state index is 5.82. The van der Waals surface area contributed by atoms with Gasteiger partial charge in [0.25, 0.3) is 0 Å². The first-order chi connectivity index (χ1) is 9.88. The van der Waals surface area contributed by atoms with Crippen LogP contribution in [-0.4, -0.2) is 25.9 Å². The summed E-state index contributed by atoms with van der Waals surface area (Å²) in [4.78, 5) is 0. The van der Waals surface area contributed by atoms with Gasteiger partial charge in [-0.05, 0) is 63.7 Å². The molecule has 20 heavy (non-hydrogen) atoms. The van der Waals surface area contributed by atoms with Gasteiger partial charge in [0, 0.05) is 19.8 Å². The van der Waals surface area contributed by atoms with Gasteiger partial charge in [0.05, 0.1) is 6.10 Å². The molecule has 118 valence electrons. The zero-order valence-electron chi connectivity index (χ0n) is 13.4. The highest BCUT2D eigenvalue weighted by molar-refractivity contribution is 4.72. The van der Waals surface area contributed by atoms with Gasteiger partial charge >= 0.3 is 0 Å². The summed E-state index contributed by atoms with van der Waals surface area (Å²) in [5.74, 6) is 1.91. The molecule has 0 amide bonds. The zero-order valence-corrected chi connectivity index (χ0v) is 13.4. The maximum atomic E-state index is 5.82. The van der Waals surface area contributed by atoms with Gasteiger partial charge in [0.2, 0.25) is 0 Å². The molecule has 2 aliphatic rings. The lowest BCUT2D eigenvalue weighted by atomic mass is 9.84. The molecule has 2 saturated carbocycles. The van der Waals surface area contributed by atoms with Gasteiger partial charge in [-0.2, -0.15) is 0 Å².